The minimum absolute atomic E-state index is 0.0868. The maximum Gasteiger partial charge on any atom is 0.573 e. The highest BCUT2D eigenvalue weighted by atomic mass is 19.4. The fourth-order valence-corrected chi connectivity index (χ4v) is 1.09. The molecule has 2 N–H and O–H groups in total. The largest absolute Gasteiger partial charge is 0.573 e. The topological polar surface area (TPSA) is 78.6 Å². The summed E-state index contributed by atoms with van der Waals surface area (Å²) >= 11 is 0. The molecule has 1 aromatic carbocycles. The van der Waals surface area contributed by atoms with E-state index >= 15 is 0 Å². The van der Waals surface area contributed by atoms with Crippen molar-refractivity contribution in [3.63, 3.8) is 0 Å². The van der Waals surface area contributed by atoms with E-state index in [1.165, 1.54) is 0 Å². The first-order valence-corrected chi connectivity index (χ1v) is 4.57. The Labute approximate surface area is 99.3 Å². The van der Waals surface area contributed by atoms with Gasteiger partial charge in [0, 0.05) is 11.6 Å². The first-order chi connectivity index (χ1) is 8.30. The summed E-state index contributed by atoms with van der Waals surface area (Å²) in [5.41, 5.74) is 4.72. The first kappa shape index (κ1) is 13.8. The third-order valence-corrected chi connectivity index (χ3v) is 1.65. The van der Waals surface area contributed by atoms with Gasteiger partial charge in [0.25, 0.3) is 5.91 Å². The SMILES string of the molecule is NC(=O)COc1cc(C=O)cc(OC(F)(F)F)c1. The summed E-state index contributed by atoms with van der Waals surface area (Å²) in [7, 11) is 0. The van der Waals surface area contributed by atoms with E-state index in [9.17, 15) is 22.8 Å². The number of ether oxygens (including phenoxy) is 2. The number of rotatable bonds is 5. The molecule has 98 valence electrons. The molecule has 0 aliphatic carbocycles. The first-order valence-electron chi connectivity index (χ1n) is 4.57. The van der Waals surface area contributed by atoms with E-state index in [0.29, 0.717) is 6.29 Å². The van der Waals surface area contributed by atoms with Crippen molar-refractivity contribution in [2.75, 3.05) is 6.61 Å². The Morgan fingerprint density at radius 3 is 2.39 bits per heavy atom. The summed E-state index contributed by atoms with van der Waals surface area (Å²) in [6, 6.07) is 2.93. The van der Waals surface area contributed by atoms with E-state index in [0.717, 1.165) is 18.2 Å². The average Bonchev–Trinajstić information content (AvgIpc) is 2.23. The summed E-state index contributed by atoms with van der Waals surface area (Å²) < 4.78 is 44.4. The molecule has 0 saturated heterocycles. The predicted molar refractivity (Wildman–Crippen MR) is 53.2 cm³/mol. The van der Waals surface area contributed by atoms with Crippen LogP contribution in [0.4, 0.5) is 13.2 Å². The minimum atomic E-state index is -4.89. The number of amides is 1. The van der Waals surface area contributed by atoms with Crippen LogP contribution in [0.25, 0.3) is 0 Å². The lowest BCUT2D eigenvalue weighted by atomic mass is 10.2. The lowest BCUT2D eigenvalue weighted by Crippen LogP contribution is -2.20. The lowest BCUT2D eigenvalue weighted by Gasteiger charge is -2.11. The summed E-state index contributed by atoms with van der Waals surface area (Å²) in [4.78, 5) is 21.0. The fourth-order valence-electron chi connectivity index (χ4n) is 1.09. The van der Waals surface area contributed by atoms with Crippen molar-refractivity contribution in [3.05, 3.63) is 23.8 Å². The lowest BCUT2D eigenvalue weighted by molar-refractivity contribution is -0.274. The molecule has 5 nitrogen and oxygen atoms in total. The normalized spacial score (nSPS) is 10.8. The van der Waals surface area contributed by atoms with Gasteiger partial charge in [-0.25, -0.2) is 0 Å². The quantitative estimate of drug-likeness (QED) is 0.811. The number of hydrogen-bond donors (Lipinski definition) is 1. The van der Waals surface area contributed by atoms with Crippen LogP contribution in [0.3, 0.4) is 0 Å². The molecular weight excluding hydrogens is 255 g/mol. The third-order valence-electron chi connectivity index (χ3n) is 1.65. The van der Waals surface area contributed by atoms with Gasteiger partial charge in [0.1, 0.15) is 17.8 Å². The van der Waals surface area contributed by atoms with Gasteiger partial charge in [0.15, 0.2) is 6.61 Å². The third kappa shape index (κ3) is 4.73. The second kappa shape index (κ2) is 5.39. The van der Waals surface area contributed by atoms with Crippen LogP contribution in [0.5, 0.6) is 11.5 Å². The number of halogens is 3. The molecule has 1 rings (SSSR count). The molecule has 0 spiro atoms. The van der Waals surface area contributed by atoms with Gasteiger partial charge >= 0.3 is 6.36 Å². The number of primary amides is 1. The van der Waals surface area contributed by atoms with Crippen LogP contribution in [0.2, 0.25) is 0 Å². The maximum absolute atomic E-state index is 12.0. The van der Waals surface area contributed by atoms with Crippen molar-refractivity contribution in [1.29, 1.82) is 0 Å². The molecular formula is C10H8F3NO4. The van der Waals surface area contributed by atoms with Gasteiger partial charge < -0.3 is 15.2 Å². The van der Waals surface area contributed by atoms with Crippen molar-refractivity contribution in [2.24, 2.45) is 5.73 Å². The number of hydrogen-bond acceptors (Lipinski definition) is 4. The molecule has 0 saturated carbocycles. The van der Waals surface area contributed by atoms with Gasteiger partial charge in [0.2, 0.25) is 0 Å². The number of benzene rings is 1. The average molecular weight is 263 g/mol. The molecule has 0 aliphatic heterocycles. The Balaban J connectivity index is 2.94. The van der Waals surface area contributed by atoms with Gasteiger partial charge in [-0.1, -0.05) is 0 Å². The Hall–Kier alpha value is -2.25. The zero-order chi connectivity index (χ0) is 13.8. The van der Waals surface area contributed by atoms with E-state index in [4.69, 9.17) is 10.5 Å². The van der Waals surface area contributed by atoms with Crippen molar-refractivity contribution in [2.45, 2.75) is 6.36 Å². The number of carbonyl (C=O) groups excluding carboxylic acids is 2. The Kier molecular flexibility index (Phi) is 4.13. The van der Waals surface area contributed by atoms with Crippen LogP contribution in [0, 0.1) is 0 Å². The molecule has 0 unspecified atom stereocenters. The summed E-state index contributed by atoms with van der Waals surface area (Å²) in [6.45, 7) is -0.520. The summed E-state index contributed by atoms with van der Waals surface area (Å²) in [6.07, 6.45) is -4.57. The van der Waals surface area contributed by atoms with Gasteiger partial charge in [-0.05, 0) is 12.1 Å². The molecule has 0 aromatic heterocycles. The number of aldehydes is 1. The van der Waals surface area contributed by atoms with Crippen LogP contribution in [-0.4, -0.2) is 25.2 Å². The molecule has 1 amide bonds. The smallest absolute Gasteiger partial charge is 0.484 e. The number of nitrogens with two attached hydrogens (primary N) is 1. The van der Waals surface area contributed by atoms with Gasteiger partial charge in [0.05, 0.1) is 0 Å². The molecule has 0 radical (unpaired) electrons. The van der Waals surface area contributed by atoms with Crippen LogP contribution in [0.15, 0.2) is 18.2 Å². The van der Waals surface area contributed by atoms with E-state index in [1.807, 2.05) is 0 Å². The molecule has 0 bridgehead atoms. The highest BCUT2D eigenvalue weighted by Crippen LogP contribution is 2.27. The fraction of sp³-hybridized carbons (Fsp3) is 0.200. The van der Waals surface area contributed by atoms with Crippen LogP contribution >= 0.6 is 0 Å². The molecule has 1 aromatic rings. The number of alkyl halides is 3. The van der Waals surface area contributed by atoms with E-state index in [1.54, 1.807) is 0 Å². The zero-order valence-electron chi connectivity index (χ0n) is 8.86. The second-order valence-corrected chi connectivity index (χ2v) is 3.16. The minimum Gasteiger partial charge on any atom is -0.484 e. The van der Waals surface area contributed by atoms with Gasteiger partial charge in [-0.3, -0.25) is 9.59 Å². The van der Waals surface area contributed by atoms with E-state index in [-0.39, 0.29) is 11.3 Å². The molecule has 0 atom stereocenters. The summed E-state index contributed by atoms with van der Waals surface area (Å²) in [5.74, 6) is -1.55. The van der Waals surface area contributed by atoms with Crippen molar-refractivity contribution < 1.29 is 32.2 Å². The second-order valence-electron chi connectivity index (χ2n) is 3.16. The monoisotopic (exact) mass is 263 g/mol. The summed E-state index contributed by atoms with van der Waals surface area (Å²) in [5, 5.41) is 0. The number of carbonyl (C=O) groups is 2. The molecule has 18 heavy (non-hydrogen) atoms. The Morgan fingerprint density at radius 2 is 1.89 bits per heavy atom. The van der Waals surface area contributed by atoms with E-state index in [2.05, 4.69) is 4.74 Å². The molecule has 0 aliphatic rings. The van der Waals surface area contributed by atoms with Gasteiger partial charge in [-0.2, -0.15) is 0 Å². The van der Waals surface area contributed by atoms with Crippen LogP contribution in [-0.2, 0) is 4.79 Å². The van der Waals surface area contributed by atoms with Crippen molar-refractivity contribution >= 4 is 12.2 Å². The molecule has 0 heterocycles. The van der Waals surface area contributed by atoms with Crippen molar-refractivity contribution in [1.82, 2.24) is 0 Å². The Morgan fingerprint density at radius 1 is 1.28 bits per heavy atom. The van der Waals surface area contributed by atoms with Crippen LogP contribution in [0.1, 0.15) is 10.4 Å². The van der Waals surface area contributed by atoms with Crippen LogP contribution < -0.4 is 15.2 Å². The van der Waals surface area contributed by atoms with Gasteiger partial charge in [-0.15, -0.1) is 13.2 Å². The molecule has 8 heteroatoms. The van der Waals surface area contributed by atoms with E-state index < -0.39 is 24.6 Å². The predicted octanol–water partition coefficient (Wildman–Crippen LogP) is 1.26. The maximum atomic E-state index is 12.0. The highest BCUT2D eigenvalue weighted by molar-refractivity contribution is 5.77. The molecule has 0 fully saturated rings. The van der Waals surface area contributed by atoms with Crippen molar-refractivity contribution in [3.8, 4) is 11.5 Å². The zero-order valence-corrected chi connectivity index (χ0v) is 8.86. The standard InChI is InChI=1S/C10H8F3NO4/c11-10(12,13)18-8-2-6(4-15)1-7(3-8)17-5-9(14)16/h1-4H,5H2,(H2,14,16). The highest BCUT2D eigenvalue weighted by Gasteiger charge is 2.31. The Bertz CT molecular complexity index is 459.